The van der Waals surface area contributed by atoms with Crippen molar-refractivity contribution in [3.63, 3.8) is 0 Å². The summed E-state index contributed by atoms with van der Waals surface area (Å²) in [5, 5.41) is 15.0. The third-order valence-corrected chi connectivity index (χ3v) is 7.50. The molecule has 0 unspecified atom stereocenters. The maximum Gasteiger partial charge on any atom is 0.190 e. The minimum atomic E-state index is -1.02. The second-order valence-corrected chi connectivity index (χ2v) is 9.37. The normalized spacial score (nSPS) is 14.7. The Morgan fingerprint density at radius 3 is 2.67 bits per heavy atom. The molecule has 5 rings (SSSR count). The first-order chi connectivity index (χ1) is 15.9. The molecule has 1 aliphatic heterocycles. The minimum absolute atomic E-state index is 0.0941. The van der Waals surface area contributed by atoms with Crippen molar-refractivity contribution in [2.24, 2.45) is 0 Å². The van der Waals surface area contributed by atoms with Crippen LogP contribution in [-0.2, 0) is 0 Å². The molecule has 1 aromatic carbocycles. The van der Waals surface area contributed by atoms with E-state index >= 15 is 0 Å². The van der Waals surface area contributed by atoms with Gasteiger partial charge in [0.2, 0.25) is 0 Å². The maximum absolute atomic E-state index is 14.7. The van der Waals surface area contributed by atoms with E-state index in [4.69, 9.17) is 5.73 Å². The molecule has 10 heteroatoms. The first kappa shape index (κ1) is 21.6. The summed E-state index contributed by atoms with van der Waals surface area (Å²) >= 11 is 1.76. The van der Waals surface area contributed by atoms with Gasteiger partial charge in [0.25, 0.3) is 0 Å². The van der Waals surface area contributed by atoms with Crippen molar-refractivity contribution in [2.45, 2.75) is 32.6 Å². The number of aryl methyl sites for hydroxylation is 2. The average molecular weight is 468 g/mol. The van der Waals surface area contributed by atoms with Crippen molar-refractivity contribution in [3.8, 4) is 27.5 Å². The van der Waals surface area contributed by atoms with Gasteiger partial charge in [-0.25, -0.2) is 13.8 Å². The van der Waals surface area contributed by atoms with Crippen LogP contribution in [0.4, 0.5) is 14.6 Å². The molecule has 0 amide bonds. The maximum atomic E-state index is 14.7. The van der Waals surface area contributed by atoms with Gasteiger partial charge in [-0.2, -0.15) is 4.68 Å². The van der Waals surface area contributed by atoms with Gasteiger partial charge in [-0.3, -0.25) is 0 Å². The van der Waals surface area contributed by atoms with E-state index in [9.17, 15) is 8.78 Å². The largest absolute Gasteiger partial charge is 0.383 e. The van der Waals surface area contributed by atoms with E-state index in [0.29, 0.717) is 11.5 Å². The lowest BCUT2D eigenvalue weighted by Crippen LogP contribution is -2.26. The number of thiophene rings is 1. The van der Waals surface area contributed by atoms with Gasteiger partial charge in [0.05, 0.1) is 5.56 Å². The highest BCUT2D eigenvalue weighted by Gasteiger charge is 2.22. The molecule has 33 heavy (non-hydrogen) atoms. The van der Waals surface area contributed by atoms with E-state index in [1.54, 1.807) is 17.5 Å². The Labute approximate surface area is 193 Å². The number of nitrogens with two attached hydrogens (primary N) is 1. The van der Waals surface area contributed by atoms with Gasteiger partial charge in [-0.15, -0.1) is 16.4 Å². The summed E-state index contributed by atoms with van der Waals surface area (Å²) in [5.74, 6) is -1.01. The molecule has 1 aliphatic rings. The van der Waals surface area contributed by atoms with Crippen molar-refractivity contribution >= 4 is 17.2 Å². The highest BCUT2D eigenvalue weighted by atomic mass is 32.1. The monoisotopic (exact) mass is 467 g/mol. The van der Waals surface area contributed by atoms with Crippen molar-refractivity contribution < 1.29 is 8.78 Å². The fourth-order valence-electron chi connectivity index (χ4n) is 4.20. The molecule has 4 aromatic rings. The molecule has 0 bridgehead atoms. The molecule has 1 saturated heterocycles. The van der Waals surface area contributed by atoms with Crippen LogP contribution in [0.15, 0.2) is 30.5 Å². The van der Waals surface area contributed by atoms with Crippen LogP contribution in [0.3, 0.4) is 0 Å². The number of benzene rings is 1. The quantitative estimate of drug-likeness (QED) is 0.462. The van der Waals surface area contributed by atoms with E-state index < -0.39 is 11.6 Å². The van der Waals surface area contributed by atoms with Gasteiger partial charge >= 0.3 is 0 Å². The highest BCUT2D eigenvalue weighted by molar-refractivity contribution is 7.15. The predicted octanol–water partition coefficient (Wildman–Crippen LogP) is 4.40. The summed E-state index contributed by atoms with van der Waals surface area (Å²) in [6.45, 7) is 5.64. The summed E-state index contributed by atoms with van der Waals surface area (Å²) in [7, 11) is 0. The smallest absolute Gasteiger partial charge is 0.190 e. The molecule has 7 nitrogen and oxygen atoms in total. The molecule has 170 valence electrons. The topological polar surface area (TPSA) is 94.5 Å². The Morgan fingerprint density at radius 1 is 1.09 bits per heavy atom. The summed E-state index contributed by atoms with van der Waals surface area (Å²) in [4.78, 5) is 6.83. The summed E-state index contributed by atoms with van der Waals surface area (Å²) < 4.78 is 30.0. The molecule has 3 aromatic heterocycles. The molecular weight excluding hydrogens is 444 g/mol. The van der Waals surface area contributed by atoms with Gasteiger partial charge in [0.1, 0.15) is 11.5 Å². The lowest BCUT2D eigenvalue weighted by atomic mass is 9.96. The number of hydrogen-bond donors (Lipinski definition) is 2. The predicted molar refractivity (Wildman–Crippen MR) is 124 cm³/mol. The first-order valence-corrected chi connectivity index (χ1v) is 11.6. The fraction of sp³-hybridized carbons (Fsp3) is 0.304. The summed E-state index contributed by atoms with van der Waals surface area (Å²) in [5.41, 5.74) is 8.77. The van der Waals surface area contributed by atoms with Gasteiger partial charge in [0, 0.05) is 21.5 Å². The van der Waals surface area contributed by atoms with Gasteiger partial charge < -0.3 is 11.1 Å². The average Bonchev–Trinajstić information content (AvgIpc) is 3.46. The van der Waals surface area contributed by atoms with Gasteiger partial charge in [-0.1, -0.05) is 6.07 Å². The third kappa shape index (κ3) is 3.89. The van der Waals surface area contributed by atoms with Gasteiger partial charge in [-0.05, 0) is 85.4 Å². The van der Waals surface area contributed by atoms with Crippen molar-refractivity contribution in [1.29, 1.82) is 0 Å². The number of piperidine rings is 1. The highest BCUT2D eigenvalue weighted by Crippen LogP contribution is 2.40. The van der Waals surface area contributed by atoms with Crippen LogP contribution in [0.2, 0.25) is 0 Å². The number of tetrazole rings is 1. The number of aromatic nitrogens is 5. The van der Waals surface area contributed by atoms with Crippen LogP contribution in [0, 0.1) is 25.5 Å². The number of nitrogens with one attached hydrogen (secondary N) is 1. The number of rotatable bonds is 4. The zero-order valence-corrected chi connectivity index (χ0v) is 19.1. The Morgan fingerprint density at radius 2 is 1.88 bits per heavy atom. The Hall–Kier alpha value is -3.24. The number of nitrogen functional groups attached to an aromatic ring is 1. The number of pyridine rings is 1. The lowest BCUT2D eigenvalue weighted by Gasteiger charge is -2.21. The summed E-state index contributed by atoms with van der Waals surface area (Å²) in [6.07, 6.45) is 3.97. The second-order valence-electron chi connectivity index (χ2n) is 8.29. The molecule has 0 radical (unpaired) electrons. The Kier molecular flexibility index (Phi) is 5.63. The van der Waals surface area contributed by atoms with Crippen LogP contribution in [0.25, 0.3) is 27.5 Å². The van der Waals surface area contributed by atoms with E-state index in [1.807, 2.05) is 6.07 Å². The van der Waals surface area contributed by atoms with E-state index in [1.165, 1.54) is 23.9 Å². The van der Waals surface area contributed by atoms with Gasteiger partial charge in [0.15, 0.2) is 17.5 Å². The first-order valence-electron chi connectivity index (χ1n) is 10.7. The molecule has 0 atom stereocenters. The van der Waals surface area contributed by atoms with Crippen LogP contribution < -0.4 is 11.1 Å². The fourth-order valence-corrected chi connectivity index (χ4v) is 5.52. The van der Waals surface area contributed by atoms with E-state index in [0.717, 1.165) is 46.6 Å². The number of nitrogens with zero attached hydrogens (tertiary/aromatic N) is 5. The Bertz CT molecular complexity index is 1320. The SMILES string of the molecule is Cc1cc(C2CCNCC2)sc1-c1cnc(N)c(-c2nnnn2-c2ccc(C)c(F)c2F)c1. The van der Waals surface area contributed by atoms with E-state index in [2.05, 4.69) is 38.8 Å². The molecule has 0 saturated carbocycles. The molecule has 4 heterocycles. The Balaban J connectivity index is 1.57. The standard InChI is InChI=1S/C23H23F2N7S/c1-12-3-4-17(20(25)19(12)24)32-23(29-30-31-32)16-10-15(11-28-22(16)26)21-13(2)9-18(33-21)14-5-7-27-8-6-14/h3-4,9-11,14,27H,5-8H2,1-2H3,(H2,26,28). The van der Waals surface area contributed by atoms with Crippen molar-refractivity contribution in [3.05, 3.63) is 58.1 Å². The number of halogens is 2. The molecule has 1 fully saturated rings. The molecule has 0 aliphatic carbocycles. The van der Waals surface area contributed by atoms with Crippen molar-refractivity contribution in [1.82, 2.24) is 30.5 Å². The molecule has 0 spiro atoms. The third-order valence-electron chi connectivity index (χ3n) is 6.05. The number of hydrogen-bond acceptors (Lipinski definition) is 7. The zero-order chi connectivity index (χ0) is 23.1. The molecule has 3 N–H and O–H groups in total. The lowest BCUT2D eigenvalue weighted by molar-refractivity contribution is 0.465. The van der Waals surface area contributed by atoms with E-state index in [-0.39, 0.29) is 22.9 Å². The van der Waals surface area contributed by atoms with Crippen LogP contribution in [-0.4, -0.2) is 38.3 Å². The van der Waals surface area contributed by atoms with Crippen LogP contribution in [0.5, 0.6) is 0 Å². The van der Waals surface area contributed by atoms with Crippen LogP contribution >= 0.6 is 11.3 Å². The number of anilines is 1. The zero-order valence-electron chi connectivity index (χ0n) is 18.3. The summed E-state index contributed by atoms with van der Waals surface area (Å²) in [6, 6.07) is 7.03. The molecular formula is C23H23F2N7S. The minimum Gasteiger partial charge on any atom is -0.383 e. The van der Waals surface area contributed by atoms with Crippen molar-refractivity contribution in [2.75, 3.05) is 18.8 Å². The second kappa shape index (κ2) is 8.60. The van der Waals surface area contributed by atoms with Crippen LogP contribution in [0.1, 0.15) is 34.8 Å².